The van der Waals surface area contributed by atoms with Crippen LogP contribution < -0.4 is 5.32 Å². The fourth-order valence-electron chi connectivity index (χ4n) is 2.62. The molecule has 2 aromatic carbocycles. The van der Waals surface area contributed by atoms with Gasteiger partial charge in [-0.2, -0.15) is 0 Å². The lowest BCUT2D eigenvalue weighted by atomic mass is 10.2. The van der Waals surface area contributed by atoms with Crippen molar-refractivity contribution in [3.05, 3.63) is 66.1 Å². The number of aryl methyl sites for hydroxylation is 1. The van der Waals surface area contributed by atoms with E-state index in [0.29, 0.717) is 0 Å². The number of carbonyl (C=O) groups is 1. The van der Waals surface area contributed by atoms with Crippen molar-refractivity contribution >= 4 is 31.6 Å². The summed E-state index contributed by atoms with van der Waals surface area (Å²) in [7, 11) is -7.13. The smallest absolute Gasteiger partial charge is 0.322 e. The molecule has 0 radical (unpaired) electrons. The van der Waals surface area contributed by atoms with Crippen LogP contribution in [-0.2, 0) is 26.1 Å². The van der Waals surface area contributed by atoms with E-state index in [1.807, 2.05) is 0 Å². The Morgan fingerprint density at radius 2 is 1.60 bits per heavy atom. The maximum atomic E-state index is 12.5. The zero-order chi connectivity index (χ0) is 21.8. The van der Waals surface area contributed by atoms with Crippen molar-refractivity contribution in [2.45, 2.75) is 23.1 Å². The van der Waals surface area contributed by atoms with Gasteiger partial charge in [0.25, 0.3) is 5.91 Å². The minimum atomic E-state index is -3.61. The van der Waals surface area contributed by atoms with Crippen LogP contribution in [0.2, 0.25) is 0 Å². The first-order valence-corrected chi connectivity index (χ1v) is 12.3. The summed E-state index contributed by atoms with van der Waals surface area (Å²) < 4.78 is 54.3. The molecule has 1 amide bonds. The zero-order valence-corrected chi connectivity index (χ0v) is 17.6. The number of rotatable bonds is 8. The van der Waals surface area contributed by atoms with Gasteiger partial charge in [0.15, 0.2) is 19.7 Å². The summed E-state index contributed by atoms with van der Waals surface area (Å²) in [5.74, 6) is -1.10. The molecule has 0 atom stereocenters. The lowest BCUT2D eigenvalue weighted by Gasteiger charge is -2.07. The minimum Gasteiger partial charge on any atom is -0.408 e. The lowest BCUT2D eigenvalue weighted by molar-refractivity contribution is 0.102. The maximum Gasteiger partial charge on any atom is 0.322 e. The molecule has 1 aromatic heterocycles. The molecule has 0 bridgehead atoms. The fraction of sp³-hybridized carbons (Fsp3) is 0.211. The monoisotopic (exact) mass is 449 g/mol. The van der Waals surface area contributed by atoms with Crippen molar-refractivity contribution in [3.8, 4) is 0 Å². The van der Waals surface area contributed by atoms with Crippen molar-refractivity contribution < 1.29 is 26.0 Å². The van der Waals surface area contributed by atoms with Crippen LogP contribution in [0, 0.1) is 0 Å². The molecule has 0 saturated heterocycles. The molecule has 1 N–H and O–H groups in total. The van der Waals surface area contributed by atoms with E-state index in [1.54, 1.807) is 18.2 Å². The second kappa shape index (κ2) is 8.76. The first kappa shape index (κ1) is 21.7. The van der Waals surface area contributed by atoms with Gasteiger partial charge in [0.1, 0.15) is 0 Å². The van der Waals surface area contributed by atoms with Gasteiger partial charge in [0.05, 0.1) is 26.9 Å². The standard InChI is InChI=1S/C19H19N3O6S2/c1-2-29(24,25)16-11-7-6-10-15(16)18(23)20-19-22-21-17(28-19)12-13-30(26,27)14-8-4-3-5-9-14/h3-11H,2,12-13H2,1H3,(H,20,22,23). The summed E-state index contributed by atoms with van der Waals surface area (Å²) in [6.07, 6.45) is -0.0408. The Morgan fingerprint density at radius 3 is 2.30 bits per heavy atom. The van der Waals surface area contributed by atoms with Crippen molar-refractivity contribution in [3.63, 3.8) is 0 Å². The Labute approximate surface area is 174 Å². The van der Waals surface area contributed by atoms with E-state index in [2.05, 4.69) is 15.5 Å². The number of hydrogen-bond donors (Lipinski definition) is 1. The summed E-state index contributed by atoms with van der Waals surface area (Å²) in [5, 5.41) is 9.76. The number of amides is 1. The second-order valence-electron chi connectivity index (χ2n) is 6.24. The fourth-order valence-corrected chi connectivity index (χ4v) is 4.96. The predicted molar refractivity (Wildman–Crippen MR) is 109 cm³/mol. The van der Waals surface area contributed by atoms with E-state index in [0.717, 1.165) is 0 Å². The Bertz CT molecular complexity index is 1250. The quantitative estimate of drug-likeness (QED) is 0.552. The molecule has 0 unspecified atom stereocenters. The molecular formula is C19H19N3O6S2. The largest absolute Gasteiger partial charge is 0.408 e. The third-order valence-corrected chi connectivity index (χ3v) is 7.74. The molecule has 9 nitrogen and oxygen atoms in total. The van der Waals surface area contributed by atoms with Gasteiger partial charge < -0.3 is 4.42 Å². The molecule has 0 aliphatic rings. The van der Waals surface area contributed by atoms with E-state index in [1.165, 1.54) is 43.3 Å². The predicted octanol–water partition coefficient (Wildman–Crippen LogP) is 2.13. The van der Waals surface area contributed by atoms with Gasteiger partial charge in [-0.05, 0) is 24.3 Å². The minimum absolute atomic E-state index is 0.0271. The first-order chi connectivity index (χ1) is 14.2. The Balaban J connectivity index is 1.70. The van der Waals surface area contributed by atoms with Crippen molar-refractivity contribution in [2.24, 2.45) is 0 Å². The molecule has 0 saturated carbocycles. The summed E-state index contributed by atoms with van der Waals surface area (Å²) in [4.78, 5) is 12.6. The van der Waals surface area contributed by atoms with Crippen molar-refractivity contribution in [2.75, 3.05) is 16.8 Å². The molecule has 3 rings (SSSR count). The number of carbonyl (C=O) groups excluding carboxylic acids is 1. The molecule has 0 spiro atoms. The highest BCUT2D eigenvalue weighted by molar-refractivity contribution is 7.91. The van der Waals surface area contributed by atoms with Crippen LogP contribution >= 0.6 is 0 Å². The van der Waals surface area contributed by atoms with E-state index >= 15 is 0 Å². The Hall–Kier alpha value is -3.05. The highest BCUT2D eigenvalue weighted by Crippen LogP contribution is 2.19. The third-order valence-electron chi connectivity index (χ3n) is 4.22. The van der Waals surface area contributed by atoms with Crippen LogP contribution in [0.4, 0.5) is 6.01 Å². The Kier molecular flexibility index (Phi) is 6.32. The highest BCUT2D eigenvalue weighted by Gasteiger charge is 2.22. The van der Waals surface area contributed by atoms with E-state index in [9.17, 15) is 21.6 Å². The summed E-state index contributed by atoms with van der Waals surface area (Å²) >= 11 is 0. The van der Waals surface area contributed by atoms with E-state index < -0.39 is 25.6 Å². The van der Waals surface area contributed by atoms with Gasteiger partial charge in [0.2, 0.25) is 5.89 Å². The van der Waals surface area contributed by atoms with Gasteiger partial charge >= 0.3 is 6.01 Å². The normalized spacial score (nSPS) is 11.9. The number of sulfone groups is 2. The number of aromatic nitrogens is 2. The lowest BCUT2D eigenvalue weighted by Crippen LogP contribution is -2.17. The molecule has 30 heavy (non-hydrogen) atoms. The van der Waals surface area contributed by atoms with Gasteiger partial charge in [-0.15, -0.1) is 5.10 Å². The molecule has 158 valence electrons. The van der Waals surface area contributed by atoms with E-state index in [4.69, 9.17) is 4.42 Å². The van der Waals surface area contributed by atoms with Crippen molar-refractivity contribution in [1.29, 1.82) is 0 Å². The molecule has 3 aromatic rings. The van der Waals surface area contributed by atoms with E-state index in [-0.39, 0.29) is 45.2 Å². The van der Waals surface area contributed by atoms with Crippen LogP contribution in [-0.4, -0.2) is 44.4 Å². The third kappa shape index (κ3) is 4.92. The molecule has 0 aliphatic heterocycles. The molecule has 0 fully saturated rings. The van der Waals surface area contributed by atoms with Crippen LogP contribution in [0.25, 0.3) is 0 Å². The number of nitrogens with one attached hydrogen (secondary N) is 1. The number of anilines is 1. The summed E-state index contributed by atoms with van der Waals surface area (Å²) in [6.45, 7) is 1.48. The van der Waals surface area contributed by atoms with Gasteiger partial charge in [-0.1, -0.05) is 42.4 Å². The number of benzene rings is 2. The molecule has 1 heterocycles. The maximum absolute atomic E-state index is 12.5. The van der Waals surface area contributed by atoms with Crippen LogP contribution in [0.1, 0.15) is 23.2 Å². The van der Waals surface area contributed by atoms with Gasteiger partial charge in [0, 0.05) is 6.42 Å². The molecule has 11 heteroatoms. The zero-order valence-electron chi connectivity index (χ0n) is 16.0. The number of nitrogens with zero attached hydrogens (tertiary/aromatic N) is 2. The van der Waals surface area contributed by atoms with Gasteiger partial charge in [-0.25, -0.2) is 16.8 Å². The SMILES string of the molecule is CCS(=O)(=O)c1ccccc1C(=O)Nc1nnc(CCS(=O)(=O)c2ccccc2)o1. The summed E-state index contributed by atoms with van der Waals surface area (Å²) in [6, 6.07) is 13.5. The van der Waals surface area contributed by atoms with Crippen LogP contribution in [0.5, 0.6) is 0 Å². The number of hydrogen-bond acceptors (Lipinski definition) is 8. The average Bonchev–Trinajstić information content (AvgIpc) is 3.20. The average molecular weight is 450 g/mol. The Morgan fingerprint density at radius 1 is 0.933 bits per heavy atom. The summed E-state index contributed by atoms with van der Waals surface area (Å²) in [5.41, 5.74) is -0.0502. The van der Waals surface area contributed by atoms with Crippen molar-refractivity contribution in [1.82, 2.24) is 10.2 Å². The van der Waals surface area contributed by atoms with Gasteiger partial charge in [-0.3, -0.25) is 10.1 Å². The first-order valence-electron chi connectivity index (χ1n) is 8.96. The molecular weight excluding hydrogens is 430 g/mol. The topological polar surface area (TPSA) is 136 Å². The second-order valence-corrected chi connectivity index (χ2v) is 10.6. The van der Waals surface area contributed by atoms with Crippen LogP contribution in [0.3, 0.4) is 0 Å². The molecule has 0 aliphatic carbocycles. The van der Waals surface area contributed by atoms with Crippen LogP contribution in [0.15, 0.2) is 68.8 Å². The highest BCUT2D eigenvalue weighted by atomic mass is 32.2.